The maximum absolute atomic E-state index is 12.8. The first-order valence-corrected chi connectivity index (χ1v) is 8.03. The number of hydrogen-bond acceptors (Lipinski definition) is 5. The predicted octanol–water partition coefficient (Wildman–Crippen LogP) is 1.63. The number of benzene rings is 1. The molecular formula is C17H24N2O4. The number of nitrogens with zero attached hydrogens (tertiary/aromatic N) is 2. The third kappa shape index (κ3) is 3.22. The lowest BCUT2D eigenvalue weighted by molar-refractivity contribution is 0.0661. The van der Waals surface area contributed by atoms with Crippen LogP contribution in [0.3, 0.4) is 0 Å². The Morgan fingerprint density at radius 3 is 2.57 bits per heavy atom. The molecule has 0 saturated carbocycles. The Labute approximate surface area is 136 Å². The lowest BCUT2D eigenvalue weighted by Gasteiger charge is -2.35. The van der Waals surface area contributed by atoms with Crippen LogP contribution in [0.2, 0.25) is 0 Å². The smallest absolute Gasteiger partial charge is 0.254 e. The first-order chi connectivity index (χ1) is 11.1. The molecule has 0 bridgehead atoms. The van der Waals surface area contributed by atoms with Gasteiger partial charge in [-0.15, -0.1) is 0 Å². The fourth-order valence-electron chi connectivity index (χ4n) is 3.16. The summed E-state index contributed by atoms with van der Waals surface area (Å²) in [5, 5.41) is 0. The molecule has 6 nitrogen and oxygen atoms in total. The molecule has 0 aliphatic carbocycles. The number of likely N-dealkylation sites (tertiary alicyclic amines) is 1. The highest BCUT2D eigenvalue weighted by atomic mass is 16.6. The van der Waals surface area contributed by atoms with E-state index < -0.39 is 0 Å². The van der Waals surface area contributed by atoms with E-state index in [0.29, 0.717) is 42.1 Å². The highest BCUT2D eigenvalue weighted by molar-refractivity contribution is 5.95. The van der Waals surface area contributed by atoms with E-state index in [9.17, 15) is 4.79 Å². The van der Waals surface area contributed by atoms with E-state index in [1.807, 2.05) is 4.90 Å². The second-order valence-corrected chi connectivity index (χ2v) is 6.19. The van der Waals surface area contributed by atoms with Gasteiger partial charge in [0.15, 0.2) is 11.5 Å². The van der Waals surface area contributed by atoms with E-state index in [1.54, 1.807) is 19.2 Å². The number of rotatable bonds is 3. The van der Waals surface area contributed by atoms with Gasteiger partial charge in [-0.05, 0) is 39.1 Å². The van der Waals surface area contributed by atoms with Crippen LogP contribution in [0.15, 0.2) is 12.1 Å². The standard InChI is InChI=1S/C17H24N2O4/c1-18(2)13-4-6-19(7-5-13)17(20)12-10-14(21-3)16-15(11-12)22-8-9-23-16/h10-11,13H,4-9H2,1-3H3. The van der Waals surface area contributed by atoms with Gasteiger partial charge >= 0.3 is 0 Å². The van der Waals surface area contributed by atoms with Gasteiger partial charge in [0, 0.05) is 24.7 Å². The Kier molecular flexibility index (Phi) is 4.61. The van der Waals surface area contributed by atoms with E-state index in [1.165, 1.54) is 0 Å². The molecule has 0 N–H and O–H groups in total. The zero-order valence-electron chi connectivity index (χ0n) is 14.0. The number of carbonyl (C=O) groups is 1. The number of amides is 1. The summed E-state index contributed by atoms with van der Waals surface area (Å²) in [5.74, 6) is 1.75. The molecule has 2 heterocycles. The second kappa shape index (κ2) is 6.66. The highest BCUT2D eigenvalue weighted by Gasteiger charge is 2.27. The van der Waals surface area contributed by atoms with Crippen LogP contribution in [0.25, 0.3) is 0 Å². The van der Waals surface area contributed by atoms with E-state index in [4.69, 9.17) is 14.2 Å². The number of ether oxygens (including phenoxy) is 3. The molecule has 2 aliphatic rings. The number of hydrogen-bond donors (Lipinski definition) is 0. The van der Waals surface area contributed by atoms with Gasteiger partial charge in [-0.1, -0.05) is 0 Å². The van der Waals surface area contributed by atoms with Crippen molar-refractivity contribution in [3.05, 3.63) is 17.7 Å². The summed E-state index contributed by atoms with van der Waals surface area (Å²) in [5.41, 5.74) is 0.592. The molecule has 0 aromatic heterocycles. The Balaban J connectivity index is 1.78. The third-order valence-electron chi connectivity index (χ3n) is 4.56. The minimum atomic E-state index is 0.0254. The highest BCUT2D eigenvalue weighted by Crippen LogP contribution is 2.40. The quantitative estimate of drug-likeness (QED) is 0.847. The number of carbonyl (C=O) groups excluding carboxylic acids is 1. The molecule has 1 aromatic carbocycles. The summed E-state index contributed by atoms with van der Waals surface area (Å²) in [7, 11) is 5.76. The van der Waals surface area contributed by atoms with Gasteiger partial charge < -0.3 is 24.0 Å². The van der Waals surface area contributed by atoms with Crippen molar-refractivity contribution in [3.8, 4) is 17.2 Å². The van der Waals surface area contributed by atoms with Gasteiger partial charge in [0.05, 0.1) is 7.11 Å². The van der Waals surface area contributed by atoms with Crippen molar-refractivity contribution >= 4 is 5.91 Å². The summed E-state index contributed by atoms with van der Waals surface area (Å²) in [6.07, 6.45) is 2.00. The van der Waals surface area contributed by atoms with Gasteiger partial charge in [0.1, 0.15) is 13.2 Å². The Hall–Kier alpha value is -1.95. The molecule has 1 saturated heterocycles. The topological polar surface area (TPSA) is 51.2 Å². The van der Waals surface area contributed by atoms with Crippen molar-refractivity contribution in [3.63, 3.8) is 0 Å². The van der Waals surface area contributed by atoms with Gasteiger partial charge in [0.25, 0.3) is 5.91 Å². The second-order valence-electron chi connectivity index (χ2n) is 6.19. The van der Waals surface area contributed by atoms with E-state index >= 15 is 0 Å². The van der Waals surface area contributed by atoms with E-state index in [0.717, 1.165) is 25.9 Å². The Bertz CT molecular complexity index is 563. The van der Waals surface area contributed by atoms with Crippen LogP contribution in [-0.2, 0) is 0 Å². The Morgan fingerprint density at radius 1 is 1.22 bits per heavy atom. The first-order valence-electron chi connectivity index (χ1n) is 8.03. The summed E-state index contributed by atoms with van der Waals surface area (Å²) in [6, 6.07) is 4.06. The van der Waals surface area contributed by atoms with Crippen molar-refractivity contribution in [1.82, 2.24) is 9.80 Å². The first kappa shape index (κ1) is 15.9. The minimum absolute atomic E-state index is 0.0254. The molecule has 0 radical (unpaired) electrons. The van der Waals surface area contributed by atoms with Gasteiger partial charge in [-0.2, -0.15) is 0 Å². The van der Waals surface area contributed by atoms with Crippen LogP contribution in [0.5, 0.6) is 17.2 Å². The van der Waals surface area contributed by atoms with Crippen LogP contribution in [-0.4, -0.2) is 69.3 Å². The average Bonchev–Trinajstić information content (AvgIpc) is 2.60. The Morgan fingerprint density at radius 2 is 1.91 bits per heavy atom. The third-order valence-corrected chi connectivity index (χ3v) is 4.56. The van der Waals surface area contributed by atoms with Crippen molar-refractivity contribution in [2.24, 2.45) is 0 Å². The zero-order valence-corrected chi connectivity index (χ0v) is 14.0. The largest absolute Gasteiger partial charge is 0.493 e. The normalized spacial score (nSPS) is 18.2. The molecule has 0 spiro atoms. The summed E-state index contributed by atoms with van der Waals surface area (Å²) in [4.78, 5) is 16.9. The van der Waals surface area contributed by atoms with Crippen LogP contribution < -0.4 is 14.2 Å². The van der Waals surface area contributed by atoms with Crippen molar-refractivity contribution in [2.45, 2.75) is 18.9 Å². The molecule has 1 amide bonds. The maximum Gasteiger partial charge on any atom is 0.254 e. The molecule has 126 valence electrons. The zero-order chi connectivity index (χ0) is 16.4. The fourth-order valence-corrected chi connectivity index (χ4v) is 3.16. The van der Waals surface area contributed by atoms with Crippen LogP contribution in [0.4, 0.5) is 0 Å². The summed E-state index contributed by atoms with van der Waals surface area (Å²) < 4.78 is 16.6. The molecule has 23 heavy (non-hydrogen) atoms. The number of fused-ring (bicyclic) bond motifs is 1. The van der Waals surface area contributed by atoms with Crippen molar-refractivity contribution in [2.75, 3.05) is 47.5 Å². The molecule has 3 rings (SSSR count). The average molecular weight is 320 g/mol. The summed E-state index contributed by atoms with van der Waals surface area (Å²) in [6.45, 7) is 2.54. The van der Waals surface area contributed by atoms with Gasteiger partial charge in [0.2, 0.25) is 5.75 Å². The fraction of sp³-hybridized carbons (Fsp3) is 0.588. The van der Waals surface area contributed by atoms with Gasteiger partial charge in [-0.25, -0.2) is 0 Å². The monoisotopic (exact) mass is 320 g/mol. The van der Waals surface area contributed by atoms with Crippen LogP contribution >= 0.6 is 0 Å². The molecule has 6 heteroatoms. The molecular weight excluding hydrogens is 296 g/mol. The predicted molar refractivity (Wildman–Crippen MR) is 86.6 cm³/mol. The molecule has 1 aromatic rings. The molecule has 0 unspecified atom stereocenters. The molecule has 0 atom stereocenters. The van der Waals surface area contributed by atoms with Crippen molar-refractivity contribution < 1.29 is 19.0 Å². The number of methoxy groups -OCH3 is 1. The molecule has 1 fully saturated rings. The maximum atomic E-state index is 12.8. The van der Waals surface area contributed by atoms with Crippen LogP contribution in [0.1, 0.15) is 23.2 Å². The van der Waals surface area contributed by atoms with E-state index in [2.05, 4.69) is 19.0 Å². The minimum Gasteiger partial charge on any atom is -0.493 e. The van der Waals surface area contributed by atoms with Crippen molar-refractivity contribution in [1.29, 1.82) is 0 Å². The summed E-state index contributed by atoms with van der Waals surface area (Å²) >= 11 is 0. The lowest BCUT2D eigenvalue weighted by Crippen LogP contribution is -2.44. The number of piperidine rings is 1. The lowest BCUT2D eigenvalue weighted by atomic mass is 10.0. The van der Waals surface area contributed by atoms with Crippen LogP contribution in [0, 0.1) is 0 Å². The molecule has 2 aliphatic heterocycles. The van der Waals surface area contributed by atoms with E-state index in [-0.39, 0.29) is 5.91 Å². The van der Waals surface area contributed by atoms with Gasteiger partial charge in [-0.3, -0.25) is 4.79 Å². The SMILES string of the molecule is COc1cc(C(=O)N2CCC(N(C)C)CC2)cc2c1OCCO2.